The van der Waals surface area contributed by atoms with Crippen molar-refractivity contribution in [3.05, 3.63) is 101 Å². The van der Waals surface area contributed by atoms with Crippen molar-refractivity contribution in [1.82, 2.24) is 0 Å². The van der Waals surface area contributed by atoms with Crippen molar-refractivity contribution in [2.75, 3.05) is 0 Å². The Morgan fingerprint density at radius 1 is 0.769 bits per heavy atom. The maximum absolute atomic E-state index is 12.8. The first-order valence-corrected chi connectivity index (χ1v) is 11.2. The standard InChI is InChI=1S/C22H16F3Se/c23-22(24,25)18-12-10-16(11-13-18)14-21-20-9-5-4-6-17(20)15-26(21)19-7-2-1-3-8-19/h1-14H,15H2/q+1/b21-14+. The molecule has 3 aromatic carbocycles. The molecule has 130 valence electrons. The van der Waals surface area contributed by atoms with Crippen LogP contribution in [0.1, 0.15) is 22.3 Å². The second kappa shape index (κ2) is 6.79. The fourth-order valence-corrected chi connectivity index (χ4v) is 8.08. The molecule has 0 radical (unpaired) electrons. The number of halogens is 3. The Labute approximate surface area is 154 Å². The van der Waals surface area contributed by atoms with Gasteiger partial charge in [-0.2, -0.15) is 0 Å². The third-order valence-electron chi connectivity index (χ3n) is 4.41. The van der Waals surface area contributed by atoms with Crippen molar-refractivity contribution >= 4 is 28.9 Å². The van der Waals surface area contributed by atoms with E-state index in [1.165, 1.54) is 20.1 Å². The molecule has 1 aliphatic heterocycles. The van der Waals surface area contributed by atoms with E-state index in [4.69, 9.17) is 0 Å². The molecule has 0 aliphatic carbocycles. The fraction of sp³-hybridized carbons (Fsp3) is 0.0909. The van der Waals surface area contributed by atoms with Gasteiger partial charge in [0.25, 0.3) is 0 Å². The van der Waals surface area contributed by atoms with E-state index in [0.717, 1.165) is 23.0 Å². The van der Waals surface area contributed by atoms with Gasteiger partial charge in [0, 0.05) is 0 Å². The summed E-state index contributed by atoms with van der Waals surface area (Å²) in [7, 11) is 0. The van der Waals surface area contributed by atoms with Crippen molar-refractivity contribution < 1.29 is 13.2 Å². The summed E-state index contributed by atoms with van der Waals surface area (Å²) in [5.74, 6) is 0. The van der Waals surface area contributed by atoms with Gasteiger partial charge in [-0.15, -0.1) is 0 Å². The summed E-state index contributed by atoms with van der Waals surface area (Å²) < 4.78 is 41.0. The molecule has 0 spiro atoms. The maximum atomic E-state index is 12.8. The van der Waals surface area contributed by atoms with Crippen LogP contribution in [0.5, 0.6) is 0 Å². The fourth-order valence-electron chi connectivity index (χ4n) is 3.12. The summed E-state index contributed by atoms with van der Waals surface area (Å²) in [4.78, 5) is 0. The number of hydrogen-bond donors (Lipinski definition) is 0. The van der Waals surface area contributed by atoms with E-state index in [1.54, 1.807) is 12.1 Å². The average molecular weight is 416 g/mol. The molecule has 0 fully saturated rings. The zero-order chi connectivity index (χ0) is 18.1. The summed E-state index contributed by atoms with van der Waals surface area (Å²) in [5.41, 5.74) is 2.78. The first kappa shape index (κ1) is 17.1. The van der Waals surface area contributed by atoms with Crippen molar-refractivity contribution in [2.24, 2.45) is 0 Å². The van der Waals surface area contributed by atoms with Gasteiger partial charge in [-0.3, -0.25) is 0 Å². The number of rotatable bonds is 2. The van der Waals surface area contributed by atoms with E-state index in [-0.39, 0.29) is 0 Å². The number of fused-ring (bicyclic) bond motifs is 1. The molecule has 4 heteroatoms. The van der Waals surface area contributed by atoms with Crippen molar-refractivity contribution in [3.63, 3.8) is 0 Å². The van der Waals surface area contributed by atoms with Gasteiger partial charge >= 0.3 is 155 Å². The third kappa shape index (κ3) is 3.35. The molecule has 26 heavy (non-hydrogen) atoms. The number of benzene rings is 3. The van der Waals surface area contributed by atoms with E-state index in [0.29, 0.717) is 0 Å². The van der Waals surface area contributed by atoms with Gasteiger partial charge in [0.2, 0.25) is 0 Å². The SMILES string of the molecule is FC(F)(F)c1ccc(/C=C2\c3ccccc3C[Se+]2c2ccccc2)cc1. The minimum atomic E-state index is -4.30. The topological polar surface area (TPSA) is 0 Å². The molecule has 4 rings (SSSR count). The zero-order valence-electron chi connectivity index (χ0n) is 13.8. The first-order valence-electron chi connectivity index (χ1n) is 8.25. The predicted molar refractivity (Wildman–Crippen MR) is 101 cm³/mol. The van der Waals surface area contributed by atoms with Crippen molar-refractivity contribution in [1.29, 1.82) is 0 Å². The first-order chi connectivity index (χ1) is 12.5. The molecule has 0 N–H and O–H groups in total. The summed E-state index contributed by atoms with van der Waals surface area (Å²) >= 11 is -1.25. The van der Waals surface area contributed by atoms with Gasteiger partial charge in [-0.25, -0.2) is 0 Å². The van der Waals surface area contributed by atoms with Gasteiger partial charge < -0.3 is 0 Å². The van der Waals surface area contributed by atoms with Crippen LogP contribution >= 0.6 is 0 Å². The number of hydrogen-bond acceptors (Lipinski definition) is 0. The molecule has 0 saturated carbocycles. The molecule has 0 amide bonds. The van der Waals surface area contributed by atoms with Crippen LogP contribution in [0.3, 0.4) is 0 Å². The Morgan fingerprint density at radius 2 is 1.42 bits per heavy atom. The summed E-state index contributed by atoms with van der Waals surface area (Å²) in [6.45, 7) is 0. The monoisotopic (exact) mass is 417 g/mol. The third-order valence-corrected chi connectivity index (χ3v) is 9.26. The van der Waals surface area contributed by atoms with Crippen LogP contribution in [0, 0.1) is 0 Å². The summed E-state index contributed by atoms with van der Waals surface area (Å²) in [5, 5.41) is 1.03. The van der Waals surface area contributed by atoms with Crippen LogP contribution in [-0.4, -0.2) is 13.9 Å². The Kier molecular flexibility index (Phi) is 4.47. The Bertz CT molecular complexity index is 941. The molecule has 1 heterocycles. The zero-order valence-corrected chi connectivity index (χ0v) is 15.5. The van der Waals surface area contributed by atoms with Crippen LogP contribution in [0.2, 0.25) is 0 Å². The molecule has 0 bridgehead atoms. The summed E-state index contributed by atoms with van der Waals surface area (Å²) in [6.07, 6.45) is -2.23. The number of alkyl halides is 3. The second-order valence-corrected chi connectivity index (χ2v) is 10.3. The molecule has 1 atom stereocenters. The van der Waals surface area contributed by atoms with Crippen LogP contribution in [-0.2, 0) is 11.5 Å². The van der Waals surface area contributed by atoms with Crippen molar-refractivity contribution in [2.45, 2.75) is 11.5 Å². The molecule has 1 unspecified atom stereocenters. The van der Waals surface area contributed by atoms with Gasteiger partial charge in [0.1, 0.15) is 0 Å². The van der Waals surface area contributed by atoms with Gasteiger partial charge in [0.15, 0.2) is 0 Å². The molecule has 3 aromatic rings. The molecule has 0 nitrogen and oxygen atoms in total. The van der Waals surface area contributed by atoms with E-state index in [1.807, 2.05) is 18.2 Å². The molecule has 1 aliphatic rings. The molecular weight excluding hydrogens is 400 g/mol. The van der Waals surface area contributed by atoms with E-state index in [9.17, 15) is 13.2 Å². The molecule has 0 aromatic heterocycles. The quantitative estimate of drug-likeness (QED) is 0.499. The van der Waals surface area contributed by atoms with Gasteiger partial charge in [-0.05, 0) is 0 Å². The summed E-state index contributed by atoms with van der Waals surface area (Å²) in [6, 6.07) is 24.2. The van der Waals surface area contributed by atoms with Gasteiger partial charge in [0.05, 0.1) is 0 Å². The van der Waals surface area contributed by atoms with Gasteiger partial charge in [-0.1, -0.05) is 0 Å². The van der Waals surface area contributed by atoms with Crippen LogP contribution < -0.4 is 4.46 Å². The van der Waals surface area contributed by atoms with E-state index in [2.05, 4.69) is 42.5 Å². The van der Waals surface area contributed by atoms with E-state index < -0.39 is 25.6 Å². The van der Waals surface area contributed by atoms with E-state index >= 15 is 0 Å². The Balaban J connectivity index is 1.77. The Hall–Kier alpha value is -2.29. The Morgan fingerprint density at radius 3 is 2.12 bits per heavy atom. The van der Waals surface area contributed by atoms with Crippen molar-refractivity contribution in [3.8, 4) is 0 Å². The van der Waals surface area contributed by atoms with Crippen LogP contribution in [0.4, 0.5) is 13.2 Å². The minimum absolute atomic E-state index is 0.609. The molecule has 0 saturated heterocycles. The normalized spacial score (nSPS) is 18.1. The second-order valence-electron chi connectivity index (χ2n) is 6.13. The average Bonchev–Trinajstić information content (AvgIpc) is 3.01. The van der Waals surface area contributed by atoms with Crippen LogP contribution in [0.25, 0.3) is 10.5 Å². The predicted octanol–water partition coefficient (Wildman–Crippen LogP) is 5.28. The van der Waals surface area contributed by atoms with Crippen LogP contribution in [0.15, 0.2) is 78.9 Å². The molecular formula is C22H16F3Se+.